The molecule has 0 aliphatic carbocycles. The number of rotatable bonds is 7. The van der Waals surface area contributed by atoms with Gasteiger partial charge in [-0.25, -0.2) is 8.42 Å². The molecule has 29 heavy (non-hydrogen) atoms. The minimum atomic E-state index is -3.85. The first-order chi connectivity index (χ1) is 13.7. The van der Waals surface area contributed by atoms with Crippen LogP contribution in [0.2, 0.25) is 0 Å². The highest BCUT2D eigenvalue weighted by Crippen LogP contribution is 2.32. The first-order valence-electron chi connectivity index (χ1n) is 8.95. The van der Waals surface area contributed by atoms with Gasteiger partial charge in [0.1, 0.15) is 5.25 Å². The van der Waals surface area contributed by atoms with E-state index in [1.807, 2.05) is 12.1 Å². The van der Waals surface area contributed by atoms with E-state index in [0.717, 1.165) is 11.3 Å². The number of halogens is 2. The number of ether oxygens (including phenoxy) is 2. The summed E-state index contributed by atoms with van der Waals surface area (Å²) in [7, 11) is -2.58. The Morgan fingerprint density at radius 1 is 1.17 bits per heavy atom. The van der Waals surface area contributed by atoms with E-state index in [-0.39, 0.29) is 11.5 Å². The zero-order valence-corrected chi connectivity index (χ0v) is 16.8. The van der Waals surface area contributed by atoms with Crippen LogP contribution in [0.1, 0.15) is 18.1 Å². The summed E-state index contributed by atoms with van der Waals surface area (Å²) in [4.78, 5) is 14.4. The molecule has 1 aliphatic rings. The first kappa shape index (κ1) is 21.0. The van der Waals surface area contributed by atoms with Gasteiger partial charge in [-0.05, 0) is 42.7 Å². The van der Waals surface area contributed by atoms with Crippen molar-refractivity contribution >= 4 is 21.4 Å². The Labute approximate surface area is 168 Å². The van der Waals surface area contributed by atoms with Gasteiger partial charge >= 0.3 is 6.61 Å². The maximum absolute atomic E-state index is 12.9. The van der Waals surface area contributed by atoms with E-state index in [4.69, 9.17) is 4.74 Å². The number of amides is 1. The predicted octanol–water partition coefficient (Wildman–Crippen LogP) is 3.19. The van der Waals surface area contributed by atoms with Gasteiger partial charge < -0.3 is 14.4 Å². The molecule has 3 rings (SSSR count). The Morgan fingerprint density at radius 3 is 2.59 bits per heavy atom. The van der Waals surface area contributed by atoms with Crippen molar-refractivity contribution < 1.29 is 31.5 Å². The van der Waals surface area contributed by atoms with E-state index in [2.05, 4.69) is 4.74 Å². The van der Waals surface area contributed by atoms with E-state index in [0.29, 0.717) is 18.5 Å². The highest BCUT2D eigenvalue weighted by atomic mass is 32.2. The predicted molar refractivity (Wildman–Crippen MR) is 104 cm³/mol. The van der Waals surface area contributed by atoms with Crippen molar-refractivity contribution in [2.45, 2.75) is 31.0 Å². The zero-order chi connectivity index (χ0) is 21.2. The lowest BCUT2D eigenvalue weighted by molar-refractivity contribution is -0.117. The molecule has 0 fully saturated rings. The molecule has 0 bridgehead atoms. The van der Waals surface area contributed by atoms with Crippen LogP contribution in [-0.2, 0) is 26.8 Å². The first-order valence-corrected chi connectivity index (χ1v) is 10.7. The number of benzene rings is 2. The quantitative estimate of drug-likeness (QED) is 0.681. The highest BCUT2D eigenvalue weighted by molar-refractivity contribution is 7.92. The number of nitrogens with zero attached hydrogens (tertiary/aromatic N) is 1. The fraction of sp³-hybridized carbons (Fsp3) is 0.350. The average Bonchev–Trinajstić information content (AvgIpc) is 3.11. The van der Waals surface area contributed by atoms with E-state index in [1.54, 1.807) is 12.1 Å². The SMILES string of the molecule is COc1cc(CS(=O)(=O)C(C)C(=O)N2CCc3ccccc32)ccc1OC(F)F. The Kier molecular flexibility index (Phi) is 6.07. The van der Waals surface area contributed by atoms with Gasteiger partial charge in [0.25, 0.3) is 0 Å². The van der Waals surface area contributed by atoms with Crippen molar-refractivity contribution in [1.29, 1.82) is 0 Å². The lowest BCUT2D eigenvalue weighted by Gasteiger charge is -2.22. The Bertz CT molecular complexity index is 1010. The summed E-state index contributed by atoms with van der Waals surface area (Å²) in [5, 5.41) is -1.25. The van der Waals surface area contributed by atoms with Crippen LogP contribution in [0.15, 0.2) is 42.5 Å². The number of alkyl halides is 2. The molecule has 9 heteroatoms. The van der Waals surface area contributed by atoms with E-state index < -0.39 is 33.4 Å². The van der Waals surface area contributed by atoms with E-state index >= 15 is 0 Å². The number of methoxy groups -OCH3 is 1. The molecule has 1 heterocycles. The second kappa shape index (κ2) is 8.36. The van der Waals surface area contributed by atoms with Gasteiger partial charge in [-0.3, -0.25) is 4.79 Å². The topological polar surface area (TPSA) is 72.9 Å². The summed E-state index contributed by atoms with van der Waals surface area (Å²) in [5.41, 5.74) is 2.05. The number of sulfone groups is 1. The number of anilines is 1. The molecule has 0 spiro atoms. The zero-order valence-electron chi connectivity index (χ0n) is 16.0. The standard InChI is InChI=1S/C20H21F2NO5S/c1-13(19(24)23-10-9-15-5-3-4-6-16(15)23)29(25,26)12-14-7-8-17(28-20(21)22)18(11-14)27-2/h3-8,11,13,20H,9-10,12H2,1-2H3. The monoisotopic (exact) mass is 425 g/mol. The van der Waals surface area contributed by atoms with Crippen LogP contribution in [0.25, 0.3) is 0 Å². The van der Waals surface area contributed by atoms with Gasteiger partial charge in [0.15, 0.2) is 21.3 Å². The van der Waals surface area contributed by atoms with Crippen LogP contribution in [-0.4, -0.2) is 39.8 Å². The molecule has 0 saturated carbocycles. The van der Waals surface area contributed by atoms with Crippen LogP contribution in [0, 0.1) is 0 Å². The molecular formula is C20H21F2NO5S. The van der Waals surface area contributed by atoms with Gasteiger partial charge in [-0.15, -0.1) is 0 Å². The fourth-order valence-electron chi connectivity index (χ4n) is 3.29. The van der Waals surface area contributed by atoms with Crippen molar-refractivity contribution in [1.82, 2.24) is 0 Å². The molecule has 1 aliphatic heterocycles. The molecule has 1 amide bonds. The summed E-state index contributed by atoms with van der Waals surface area (Å²) in [5.74, 6) is -1.12. The lowest BCUT2D eigenvalue weighted by atomic mass is 10.2. The van der Waals surface area contributed by atoms with E-state index in [1.165, 1.54) is 37.1 Å². The maximum atomic E-state index is 12.9. The molecule has 0 radical (unpaired) electrons. The lowest BCUT2D eigenvalue weighted by Crippen LogP contribution is -2.41. The normalized spacial score (nSPS) is 14.6. The van der Waals surface area contributed by atoms with E-state index in [9.17, 15) is 22.0 Å². The number of hydrogen-bond donors (Lipinski definition) is 0. The minimum absolute atomic E-state index is 0.00884. The van der Waals surface area contributed by atoms with Gasteiger partial charge in [0.05, 0.1) is 12.9 Å². The molecule has 2 aromatic carbocycles. The van der Waals surface area contributed by atoms with Crippen molar-refractivity contribution in [3.05, 3.63) is 53.6 Å². The molecule has 156 valence electrons. The summed E-state index contributed by atoms with van der Waals surface area (Å²) in [6.07, 6.45) is 0.678. The number of para-hydroxylation sites is 1. The molecular weight excluding hydrogens is 404 g/mol. The third kappa shape index (κ3) is 4.50. The van der Waals surface area contributed by atoms with Gasteiger partial charge in [-0.1, -0.05) is 24.3 Å². The molecule has 0 saturated heterocycles. The van der Waals surface area contributed by atoms with Gasteiger partial charge in [0.2, 0.25) is 5.91 Å². The number of hydrogen-bond acceptors (Lipinski definition) is 5. The van der Waals surface area contributed by atoms with Crippen LogP contribution < -0.4 is 14.4 Å². The third-order valence-corrected chi connectivity index (χ3v) is 6.87. The van der Waals surface area contributed by atoms with Crippen molar-refractivity contribution in [3.63, 3.8) is 0 Å². The largest absolute Gasteiger partial charge is 0.493 e. The van der Waals surface area contributed by atoms with Crippen LogP contribution in [0.3, 0.4) is 0 Å². The highest BCUT2D eigenvalue weighted by Gasteiger charge is 2.35. The number of fused-ring (bicyclic) bond motifs is 1. The molecule has 6 nitrogen and oxygen atoms in total. The number of carbonyl (C=O) groups excluding carboxylic acids is 1. The van der Waals surface area contributed by atoms with Crippen molar-refractivity contribution in [2.24, 2.45) is 0 Å². The van der Waals surface area contributed by atoms with Crippen LogP contribution >= 0.6 is 0 Å². The number of carbonyl (C=O) groups is 1. The molecule has 0 aromatic heterocycles. The van der Waals surface area contributed by atoms with Crippen molar-refractivity contribution in [2.75, 3.05) is 18.6 Å². The third-order valence-electron chi connectivity index (χ3n) is 4.85. The smallest absolute Gasteiger partial charge is 0.387 e. The van der Waals surface area contributed by atoms with Crippen LogP contribution in [0.4, 0.5) is 14.5 Å². The second-order valence-electron chi connectivity index (χ2n) is 6.68. The molecule has 2 aromatic rings. The summed E-state index contributed by atoms with van der Waals surface area (Å²) in [6.45, 7) is -1.23. The second-order valence-corrected chi connectivity index (χ2v) is 9.00. The molecule has 0 N–H and O–H groups in total. The summed E-state index contributed by atoms with van der Waals surface area (Å²) < 4.78 is 59.9. The summed E-state index contributed by atoms with van der Waals surface area (Å²) >= 11 is 0. The average molecular weight is 425 g/mol. The fourth-order valence-corrected chi connectivity index (χ4v) is 4.62. The van der Waals surface area contributed by atoms with Crippen LogP contribution in [0.5, 0.6) is 11.5 Å². The summed E-state index contributed by atoms with van der Waals surface area (Å²) in [6, 6.07) is 11.3. The molecule has 1 atom stereocenters. The Balaban J connectivity index is 1.78. The van der Waals surface area contributed by atoms with Gasteiger partial charge in [-0.2, -0.15) is 8.78 Å². The minimum Gasteiger partial charge on any atom is -0.493 e. The Morgan fingerprint density at radius 2 is 1.90 bits per heavy atom. The molecule has 1 unspecified atom stereocenters. The van der Waals surface area contributed by atoms with Gasteiger partial charge in [0, 0.05) is 12.2 Å². The van der Waals surface area contributed by atoms with Crippen molar-refractivity contribution in [3.8, 4) is 11.5 Å². The Hall–Kier alpha value is -2.68. The maximum Gasteiger partial charge on any atom is 0.387 e.